The molecule has 2 nitrogen and oxygen atoms in total. The first-order chi connectivity index (χ1) is 8.50. The zero-order valence-electron chi connectivity index (χ0n) is 9.49. The lowest BCUT2D eigenvalue weighted by atomic mass is 10.0. The highest BCUT2D eigenvalue weighted by molar-refractivity contribution is 5.29. The summed E-state index contributed by atoms with van der Waals surface area (Å²) in [4.78, 5) is 4.01. The second-order valence-electron chi connectivity index (χ2n) is 3.87. The Bertz CT molecular complexity index is 586. The number of nitrogens with zero attached hydrogens (tertiary/aromatic N) is 1. The standard InChI is InChI=1S/C13H10F3NO/c1-7-3-2-4-10(17-7)13(18)8-5-6-9(14)12(16)11(8)15/h2-6,13,18H,1H3. The molecule has 0 saturated carbocycles. The second-order valence-corrected chi connectivity index (χ2v) is 3.87. The Hall–Kier alpha value is -1.88. The molecule has 5 heteroatoms. The molecule has 1 heterocycles. The molecule has 2 aromatic rings. The van der Waals surface area contributed by atoms with Crippen molar-refractivity contribution in [2.45, 2.75) is 13.0 Å². The van der Waals surface area contributed by atoms with Gasteiger partial charge < -0.3 is 5.11 Å². The summed E-state index contributed by atoms with van der Waals surface area (Å²) in [5.74, 6) is -4.29. The van der Waals surface area contributed by atoms with Crippen LogP contribution >= 0.6 is 0 Å². The molecule has 1 N–H and O–H groups in total. The lowest BCUT2D eigenvalue weighted by molar-refractivity contribution is 0.207. The Kier molecular flexibility index (Phi) is 3.34. The molecular formula is C13H10F3NO. The van der Waals surface area contributed by atoms with Crippen molar-refractivity contribution < 1.29 is 18.3 Å². The van der Waals surface area contributed by atoms with Crippen molar-refractivity contribution in [3.8, 4) is 0 Å². The Labute approximate surface area is 102 Å². The van der Waals surface area contributed by atoms with Crippen molar-refractivity contribution >= 4 is 0 Å². The second kappa shape index (κ2) is 4.78. The summed E-state index contributed by atoms with van der Waals surface area (Å²) in [5.41, 5.74) is 0.474. The van der Waals surface area contributed by atoms with Gasteiger partial charge in [0.2, 0.25) is 0 Å². The Morgan fingerprint density at radius 2 is 1.78 bits per heavy atom. The smallest absolute Gasteiger partial charge is 0.194 e. The van der Waals surface area contributed by atoms with Crippen LogP contribution in [0.5, 0.6) is 0 Å². The van der Waals surface area contributed by atoms with Gasteiger partial charge in [-0.15, -0.1) is 0 Å². The lowest BCUT2D eigenvalue weighted by Gasteiger charge is -2.12. The molecule has 1 atom stereocenters. The van der Waals surface area contributed by atoms with Crippen molar-refractivity contribution in [2.24, 2.45) is 0 Å². The average Bonchev–Trinajstić information content (AvgIpc) is 2.35. The number of halogens is 3. The number of aliphatic hydroxyl groups is 1. The number of benzene rings is 1. The minimum atomic E-state index is -1.60. The fraction of sp³-hybridized carbons (Fsp3) is 0.154. The first-order valence-corrected chi connectivity index (χ1v) is 5.25. The molecule has 1 aromatic heterocycles. The number of aromatic nitrogens is 1. The molecule has 94 valence electrons. The van der Waals surface area contributed by atoms with Crippen LogP contribution in [-0.2, 0) is 0 Å². The molecule has 0 saturated heterocycles. The summed E-state index contributed by atoms with van der Waals surface area (Å²) in [5, 5.41) is 9.92. The molecule has 0 amide bonds. The van der Waals surface area contributed by atoms with Gasteiger partial charge in [0.15, 0.2) is 17.5 Å². The van der Waals surface area contributed by atoms with E-state index in [2.05, 4.69) is 4.98 Å². The number of hydrogen-bond acceptors (Lipinski definition) is 2. The van der Waals surface area contributed by atoms with Crippen LogP contribution in [-0.4, -0.2) is 10.1 Å². The molecule has 1 aromatic carbocycles. The van der Waals surface area contributed by atoms with E-state index in [4.69, 9.17) is 0 Å². The Balaban J connectivity index is 2.46. The topological polar surface area (TPSA) is 33.1 Å². The van der Waals surface area contributed by atoms with E-state index < -0.39 is 23.6 Å². The van der Waals surface area contributed by atoms with Gasteiger partial charge >= 0.3 is 0 Å². The van der Waals surface area contributed by atoms with Crippen LogP contribution in [0, 0.1) is 24.4 Å². The quantitative estimate of drug-likeness (QED) is 0.835. The van der Waals surface area contributed by atoms with Crippen molar-refractivity contribution in [1.82, 2.24) is 4.98 Å². The molecule has 2 rings (SSSR count). The number of aliphatic hydroxyl groups excluding tert-OH is 1. The third-order valence-electron chi connectivity index (χ3n) is 2.55. The third-order valence-corrected chi connectivity index (χ3v) is 2.55. The fourth-order valence-electron chi connectivity index (χ4n) is 1.63. The van der Waals surface area contributed by atoms with Gasteiger partial charge in [-0.3, -0.25) is 4.98 Å². The fourth-order valence-corrected chi connectivity index (χ4v) is 1.63. The number of rotatable bonds is 2. The Morgan fingerprint density at radius 3 is 2.44 bits per heavy atom. The van der Waals surface area contributed by atoms with Gasteiger partial charge in [-0.25, -0.2) is 13.2 Å². The van der Waals surface area contributed by atoms with Crippen LogP contribution < -0.4 is 0 Å². The molecule has 0 aliphatic heterocycles. The predicted octanol–water partition coefficient (Wildman–Crippen LogP) is 2.89. The summed E-state index contributed by atoms with van der Waals surface area (Å²) in [6, 6.07) is 6.60. The van der Waals surface area contributed by atoms with Gasteiger partial charge in [0.1, 0.15) is 6.10 Å². The van der Waals surface area contributed by atoms with Crippen LogP contribution in [0.3, 0.4) is 0 Å². The third kappa shape index (κ3) is 2.22. The van der Waals surface area contributed by atoms with E-state index in [9.17, 15) is 18.3 Å². The van der Waals surface area contributed by atoms with E-state index >= 15 is 0 Å². The summed E-state index contributed by atoms with van der Waals surface area (Å²) in [7, 11) is 0. The largest absolute Gasteiger partial charge is 0.382 e. The molecule has 0 bridgehead atoms. The molecule has 0 spiro atoms. The van der Waals surface area contributed by atoms with Crippen LogP contribution in [0.25, 0.3) is 0 Å². The number of pyridine rings is 1. The maximum atomic E-state index is 13.5. The Morgan fingerprint density at radius 1 is 1.06 bits per heavy atom. The average molecular weight is 253 g/mol. The first-order valence-electron chi connectivity index (χ1n) is 5.25. The van der Waals surface area contributed by atoms with Crippen LogP contribution in [0.4, 0.5) is 13.2 Å². The van der Waals surface area contributed by atoms with E-state index in [0.717, 1.165) is 12.1 Å². The minimum Gasteiger partial charge on any atom is -0.382 e. The summed E-state index contributed by atoms with van der Waals surface area (Å²) in [6.45, 7) is 1.71. The summed E-state index contributed by atoms with van der Waals surface area (Å²) in [6.07, 6.45) is -1.43. The highest BCUT2D eigenvalue weighted by atomic mass is 19.2. The van der Waals surface area contributed by atoms with Crippen molar-refractivity contribution in [2.75, 3.05) is 0 Å². The lowest BCUT2D eigenvalue weighted by Crippen LogP contribution is -2.07. The van der Waals surface area contributed by atoms with Crippen LogP contribution in [0.2, 0.25) is 0 Å². The monoisotopic (exact) mass is 253 g/mol. The minimum absolute atomic E-state index is 0.180. The molecule has 0 aliphatic rings. The van der Waals surface area contributed by atoms with Crippen molar-refractivity contribution in [1.29, 1.82) is 0 Å². The number of aryl methyl sites for hydroxylation is 1. The highest BCUT2D eigenvalue weighted by Crippen LogP contribution is 2.25. The summed E-state index contributed by atoms with van der Waals surface area (Å²) >= 11 is 0. The van der Waals surface area contributed by atoms with E-state index in [-0.39, 0.29) is 11.3 Å². The zero-order chi connectivity index (χ0) is 13.3. The van der Waals surface area contributed by atoms with Crippen molar-refractivity contribution in [3.05, 3.63) is 64.7 Å². The maximum Gasteiger partial charge on any atom is 0.194 e. The van der Waals surface area contributed by atoms with Gasteiger partial charge in [-0.2, -0.15) is 0 Å². The van der Waals surface area contributed by atoms with Gasteiger partial charge in [0.05, 0.1) is 5.69 Å². The van der Waals surface area contributed by atoms with Gasteiger partial charge in [0, 0.05) is 11.3 Å². The van der Waals surface area contributed by atoms with Gasteiger partial charge in [-0.05, 0) is 31.2 Å². The summed E-state index contributed by atoms with van der Waals surface area (Å²) < 4.78 is 39.3. The molecule has 18 heavy (non-hydrogen) atoms. The SMILES string of the molecule is Cc1cccc(C(O)c2ccc(F)c(F)c2F)n1. The van der Waals surface area contributed by atoms with E-state index in [1.165, 1.54) is 6.07 Å². The maximum absolute atomic E-state index is 13.5. The van der Waals surface area contributed by atoms with E-state index in [1.54, 1.807) is 19.1 Å². The molecule has 1 unspecified atom stereocenters. The van der Waals surface area contributed by atoms with Crippen LogP contribution in [0.15, 0.2) is 30.3 Å². The number of hydrogen-bond donors (Lipinski definition) is 1. The van der Waals surface area contributed by atoms with Gasteiger partial charge in [0.25, 0.3) is 0 Å². The normalized spacial score (nSPS) is 12.5. The molecule has 0 radical (unpaired) electrons. The first kappa shape index (κ1) is 12.6. The molecular weight excluding hydrogens is 243 g/mol. The van der Waals surface area contributed by atoms with E-state index in [0.29, 0.717) is 5.69 Å². The zero-order valence-corrected chi connectivity index (χ0v) is 9.49. The predicted molar refractivity (Wildman–Crippen MR) is 59.4 cm³/mol. The van der Waals surface area contributed by atoms with Crippen LogP contribution in [0.1, 0.15) is 23.1 Å². The molecule has 0 fully saturated rings. The molecule has 0 aliphatic carbocycles. The van der Waals surface area contributed by atoms with Crippen molar-refractivity contribution in [3.63, 3.8) is 0 Å². The highest BCUT2D eigenvalue weighted by Gasteiger charge is 2.21. The van der Waals surface area contributed by atoms with Gasteiger partial charge in [-0.1, -0.05) is 6.07 Å². The van der Waals surface area contributed by atoms with E-state index in [1.807, 2.05) is 0 Å².